The highest BCUT2D eigenvalue weighted by Crippen LogP contribution is 2.39. The Bertz CT molecular complexity index is 637. The van der Waals surface area contributed by atoms with Crippen LogP contribution in [0.1, 0.15) is 28.4 Å². The monoisotopic (exact) mass is 253 g/mol. The Balaban J connectivity index is 2.02. The molecule has 19 heavy (non-hydrogen) atoms. The van der Waals surface area contributed by atoms with Crippen molar-refractivity contribution in [1.29, 1.82) is 0 Å². The van der Waals surface area contributed by atoms with Crippen LogP contribution < -0.4 is 4.74 Å². The number of hydrogen-bond acceptors (Lipinski definition) is 4. The van der Waals surface area contributed by atoms with Gasteiger partial charge in [0.25, 0.3) is 0 Å². The number of ketones is 1. The quantitative estimate of drug-likeness (QED) is 0.765. The Hall–Kier alpha value is -2.49. The molecule has 0 saturated heterocycles. The van der Waals surface area contributed by atoms with Gasteiger partial charge in [0.15, 0.2) is 5.78 Å². The van der Waals surface area contributed by atoms with E-state index >= 15 is 0 Å². The third-order valence-electron chi connectivity index (χ3n) is 3.19. The van der Waals surface area contributed by atoms with Crippen molar-refractivity contribution in [3.05, 3.63) is 64.6 Å². The van der Waals surface area contributed by atoms with E-state index < -0.39 is 0 Å². The highest BCUT2D eigenvalue weighted by molar-refractivity contribution is 6.04. The fourth-order valence-corrected chi connectivity index (χ4v) is 2.29. The number of nitrogens with zero attached hydrogens (tertiary/aromatic N) is 1. The zero-order valence-corrected chi connectivity index (χ0v) is 10.1. The molecule has 3 rings (SSSR count). The first kappa shape index (κ1) is 11.6. The smallest absolute Gasteiger partial charge is 0.172 e. The summed E-state index contributed by atoms with van der Waals surface area (Å²) in [5.41, 5.74) is 1.39. The van der Waals surface area contributed by atoms with Gasteiger partial charge < -0.3 is 4.74 Å². The summed E-state index contributed by atoms with van der Waals surface area (Å²) in [7, 11) is 0. The van der Waals surface area contributed by atoms with E-state index in [1.165, 1.54) is 6.07 Å². The minimum Gasteiger partial charge on any atom is -0.484 e. The number of nitroso groups, excluding NO2 is 1. The van der Waals surface area contributed by atoms with Crippen LogP contribution in [0.15, 0.2) is 53.7 Å². The molecule has 0 radical (unpaired) electrons. The Labute approximate surface area is 110 Å². The van der Waals surface area contributed by atoms with Crippen molar-refractivity contribution in [1.82, 2.24) is 0 Å². The van der Waals surface area contributed by atoms with Crippen LogP contribution in [0.25, 0.3) is 0 Å². The minimum absolute atomic E-state index is 0.106. The summed E-state index contributed by atoms with van der Waals surface area (Å²) in [6.45, 7) is 0. The van der Waals surface area contributed by atoms with Crippen LogP contribution in [-0.2, 0) is 0 Å². The number of rotatable bonds is 2. The normalized spacial score (nSPS) is 17.5. The number of carbonyl (C=O) groups excluding carboxylic acids is 1. The van der Waals surface area contributed by atoms with Crippen LogP contribution in [0.5, 0.6) is 5.75 Å². The summed E-state index contributed by atoms with van der Waals surface area (Å²) in [4.78, 5) is 22.9. The van der Waals surface area contributed by atoms with Crippen LogP contribution in [0, 0.1) is 4.91 Å². The summed E-state index contributed by atoms with van der Waals surface area (Å²) in [5.74, 6) is 0.326. The lowest BCUT2D eigenvalue weighted by Crippen LogP contribution is -2.20. The van der Waals surface area contributed by atoms with Crippen molar-refractivity contribution in [3.63, 3.8) is 0 Å². The molecule has 0 amide bonds. The number of ether oxygens (including phenoxy) is 1. The van der Waals surface area contributed by atoms with Gasteiger partial charge in [-0.25, -0.2) is 0 Å². The molecule has 0 aliphatic carbocycles. The maximum Gasteiger partial charge on any atom is 0.172 e. The van der Waals surface area contributed by atoms with Crippen LogP contribution in [0.4, 0.5) is 5.69 Å². The van der Waals surface area contributed by atoms with E-state index in [9.17, 15) is 9.70 Å². The van der Waals surface area contributed by atoms with Gasteiger partial charge in [0.1, 0.15) is 17.5 Å². The molecular weight excluding hydrogens is 242 g/mol. The average molecular weight is 253 g/mol. The summed E-state index contributed by atoms with van der Waals surface area (Å²) in [6, 6.07) is 14.4. The lowest BCUT2D eigenvalue weighted by atomic mass is 9.95. The van der Waals surface area contributed by atoms with Crippen molar-refractivity contribution < 1.29 is 9.53 Å². The Morgan fingerprint density at radius 1 is 1.05 bits per heavy atom. The van der Waals surface area contributed by atoms with E-state index in [1.807, 2.05) is 30.3 Å². The Kier molecular flexibility index (Phi) is 2.83. The largest absolute Gasteiger partial charge is 0.484 e. The first-order chi connectivity index (χ1) is 9.29. The Morgan fingerprint density at radius 2 is 1.84 bits per heavy atom. The molecule has 0 bridgehead atoms. The topological polar surface area (TPSA) is 55.7 Å². The zero-order valence-electron chi connectivity index (χ0n) is 10.1. The van der Waals surface area contributed by atoms with Gasteiger partial charge in [-0.05, 0) is 22.9 Å². The molecule has 0 aromatic heterocycles. The van der Waals surface area contributed by atoms with Crippen LogP contribution in [0.3, 0.4) is 0 Å². The minimum atomic E-state index is -0.303. The third kappa shape index (κ3) is 2.01. The molecule has 1 unspecified atom stereocenters. The first-order valence-electron chi connectivity index (χ1n) is 6.01. The first-order valence-corrected chi connectivity index (χ1v) is 6.01. The van der Waals surface area contributed by atoms with Gasteiger partial charge in [-0.1, -0.05) is 36.4 Å². The molecule has 2 aromatic rings. The van der Waals surface area contributed by atoms with E-state index in [4.69, 9.17) is 4.74 Å². The van der Waals surface area contributed by atoms with E-state index in [0.29, 0.717) is 11.3 Å². The van der Waals surface area contributed by atoms with E-state index in [1.54, 1.807) is 12.1 Å². The maximum absolute atomic E-state index is 12.2. The lowest BCUT2D eigenvalue weighted by molar-refractivity contribution is 0.0851. The molecule has 94 valence electrons. The summed E-state index contributed by atoms with van der Waals surface area (Å²) >= 11 is 0. The van der Waals surface area contributed by atoms with Crippen molar-refractivity contribution in [2.24, 2.45) is 5.18 Å². The number of benzene rings is 2. The summed E-state index contributed by atoms with van der Waals surface area (Å²) in [5, 5.41) is 2.88. The molecule has 4 heteroatoms. The highest BCUT2D eigenvalue weighted by Gasteiger charge is 2.29. The molecule has 4 nitrogen and oxygen atoms in total. The van der Waals surface area contributed by atoms with Crippen molar-refractivity contribution in [2.75, 3.05) is 0 Å². The van der Waals surface area contributed by atoms with Crippen molar-refractivity contribution in [3.8, 4) is 5.75 Å². The van der Waals surface area contributed by atoms with Gasteiger partial charge >= 0.3 is 0 Å². The SMILES string of the molecule is O=Nc1cccc2c1C(=O)CC(c1ccccc1)O2. The summed E-state index contributed by atoms with van der Waals surface area (Å²) in [6.07, 6.45) is -0.0769. The van der Waals surface area contributed by atoms with Gasteiger partial charge in [0.05, 0.1) is 12.0 Å². The van der Waals surface area contributed by atoms with Gasteiger partial charge in [-0.3, -0.25) is 4.79 Å². The fraction of sp³-hybridized carbons (Fsp3) is 0.133. The standard InChI is InChI=1S/C15H11NO3/c17-12-9-14(10-5-2-1-3-6-10)19-13-8-4-7-11(16-18)15(12)13/h1-8,14H,9H2. The molecule has 0 N–H and O–H groups in total. The van der Waals surface area contributed by atoms with Gasteiger partial charge in [0, 0.05) is 0 Å². The lowest BCUT2D eigenvalue weighted by Gasteiger charge is -2.25. The third-order valence-corrected chi connectivity index (χ3v) is 3.19. The molecule has 2 aromatic carbocycles. The van der Waals surface area contributed by atoms with Crippen molar-refractivity contribution in [2.45, 2.75) is 12.5 Å². The molecule has 0 saturated carbocycles. The number of hydrogen-bond donors (Lipinski definition) is 0. The number of Topliss-reactive ketones (excluding diaryl/α,β-unsaturated/α-hetero) is 1. The molecule has 1 aliphatic rings. The molecule has 0 fully saturated rings. The van der Waals surface area contributed by atoms with E-state index in [-0.39, 0.29) is 24.0 Å². The average Bonchev–Trinajstić information content (AvgIpc) is 2.47. The van der Waals surface area contributed by atoms with Crippen LogP contribution in [0.2, 0.25) is 0 Å². The fourth-order valence-electron chi connectivity index (χ4n) is 2.29. The Morgan fingerprint density at radius 3 is 2.58 bits per heavy atom. The van der Waals surface area contributed by atoms with Gasteiger partial charge in [-0.2, -0.15) is 0 Å². The van der Waals surface area contributed by atoms with E-state index in [0.717, 1.165) is 5.56 Å². The van der Waals surface area contributed by atoms with E-state index in [2.05, 4.69) is 5.18 Å². The van der Waals surface area contributed by atoms with Crippen molar-refractivity contribution >= 4 is 11.5 Å². The van der Waals surface area contributed by atoms with Gasteiger partial charge in [0.2, 0.25) is 0 Å². The van der Waals surface area contributed by atoms with Crippen LogP contribution >= 0.6 is 0 Å². The molecule has 0 spiro atoms. The molecular formula is C15H11NO3. The predicted octanol–water partition coefficient (Wildman–Crippen LogP) is 3.79. The number of carbonyl (C=O) groups is 1. The van der Waals surface area contributed by atoms with Crippen LogP contribution in [-0.4, -0.2) is 5.78 Å². The molecule has 1 heterocycles. The second kappa shape index (κ2) is 4.65. The van der Waals surface area contributed by atoms with Gasteiger partial charge in [-0.15, -0.1) is 4.91 Å². The maximum atomic E-state index is 12.2. The summed E-state index contributed by atoms with van der Waals surface area (Å²) < 4.78 is 5.81. The highest BCUT2D eigenvalue weighted by atomic mass is 16.5. The molecule has 1 aliphatic heterocycles. The second-order valence-electron chi connectivity index (χ2n) is 4.39. The second-order valence-corrected chi connectivity index (χ2v) is 4.39. The zero-order chi connectivity index (χ0) is 13.2. The number of fused-ring (bicyclic) bond motifs is 1. The predicted molar refractivity (Wildman–Crippen MR) is 70.7 cm³/mol. The molecule has 1 atom stereocenters.